The maximum atomic E-state index is 12.4. The predicted octanol–water partition coefficient (Wildman–Crippen LogP) is 1.15. The van der Waals surface area contributed by atoms with E-state index in [2.05, 4.69) is 5.32 Å². The van der Waals surface area contributed by atoms with E-state index in [1.165, 1.54) is 14.2 Å². The summed E-state index contributed by atoms with van der Waals surface area (Å²) >= 11 is 0. The molecule has 0 bridgehead atoms. The maximum absolute atomic E-state index is 12.4. The summed E-state index contributed by atoms with van der Waals surface area (Å²) in [7, 11) is 3.01. The number of nitrogens with one attached hydrogen (secondary N) is 1. The number of rotatable bonds is 5. The third kappa shape index (κ3) is 5.15. The van der Waals surface area contributed by atoms with Crippen LogP contribution >= 0.6 is 0 Å². The van der Waals surface area contributed by atoms with Crippen LogP contribution in [-0.2, 0) is 9.59 Å². The van der Waals surface area contributed by atoms with Crippen molar-refractivity contribution in [3.05, 3.63) is 23.8 Å². The molecular formula is C20H29N3O5. The Kier molecular flexibility index (Phi) is 6.88. The van der Waals surface area contributed by atoms with Crippen LogP contribution in [0.25, 0.3) is 0 Å². The van der Waals surface area contributed by atoms with E-state index in [-0.39, 0.29) is 24.3 Å². The summed E-state index contributed by atoms with van der Waals surface area (Å²) in [5, 5.41) is 2.64. The molecule has 0 atom stereocenters. The van der Waals surface area contributed by atoms with Crippen LogP contribution < -0.4 is 14.8 Å². The molecule has 1 heterocycles. The van der Waals surface area contributed by atoms with Crippen molar-refractivity contribution in [1.29, 1.82) is 0 Å². The molecule has 1 aliphatic rings. The molecule has 0 saturated carbocycles. The third-order valence-electron chi connectivity index (χ3n) is 4.61. The van der Waals surface area contributed by atoms with Crippen LogP contribution in [0, 0.1) is 5.41 Å². The first-order valence-electron chi connectivity index (χ1n) is 9.24. The van der Waals surface area contributed by atoms with E-state index < -0.39 is 5.41 Å². The van der Waals surface area contributed by atoms with Gasteiger partial charge in [0.15, 0.2) is 11.5 Å². The molecule has 8 nitrogen and oxygen atoms in total. The number of amides is 3. The van der Waals surface area contributed by atoms with Crippen molar-refractivity contribution in [2.24, 2.45) is 5.41 Å². The second-order valence-corrected chi connectivity index (χ2v) is 7.68. The summed E-state index contributed by atoms with van der Waals surface area (Å²) in [5.74, 6) is 0.521. The van der Waals surface area contributed by atoms with Gasteiger partial charge in [-0.1, -0.05) is 20.8 Å². The molecule has 0 aromatic heterocycles. The lowest BCUT2D eigenvalue weighted by molar-refractivity contribution is -0.144. The quantitative estimate of drug-likeness (QED) is 0.814. The number of piperazine rings is 1. The Morgan fingerprint density at radius 1 is 0.964 bits per heavy atom. The summed E-state index contributed by atoms with van der Waals surface area (Å²) in [6.07, 6.45) is 0. The Morgan fingerprint density at radius 2 is 1.54 bits per heavy atom. The monoisotopic (exact) mass is 391 g/mol. The van der Waals surface area contributed by atoms with Crippen LogP contribution in [0.2, 0.25) is 0 Å². The van der Waals surface area contributed by atoms with Crippen LogP contribution in [0.5, 0.6) is 11.5 Å². The molecule has 3 amide bonds. The van der Waals surface area contributed by atoms with E-state index in [4.69, 9.17) is 9.47 Å². The zero-order chi connectivity index (χ0) is 20.9. The summed E-state index contributed by atoms with van der Waals surface area (Å²) in [4.78, 5) is 40.5. The van der Waals surface area contributed by atoms with E-state index in [0.29, 0.717) is 43.2 Å². The molecule has 2 rings (SSSR count). The summed E-state index contributed by atoms with van der Waals surface area (Å²) in [6, 6.07) is 4.81. The van der Waals surface area contributed by atoms with Crippen LogP contribution in [0.3, 0.4) is 0 Å². The Morgan fingerprint density at radius 3 is 2.07 bits per heavy atom. The summed E-state index contributed by atoms with van der Waals surface area (Å²) in [5.41, 5.74) is -0.0504. The highest BCUT2D eigenvalue weighted by Gasteiger charge is 2.30. The van der Waals surface area contributed by atoms with Crippen LogP contribution in [-0.4, -0.2) is 74.5 Å². The topological polar surface area (TPSA) is 88.2 Å². The van der Waals surface area contributed by atoms with Gasteiger partial charge in [0.1, 0.15) is 0 Å². The SMILES string of the molecule is COc1ccc(C(=O)NCC(=O)N2CCN(C(=O)C(C)(C)C)CC2)cc1OC. The zero-order valence-corrected chi connectivity index (χ0v) is 17.2. The molecule has 1 fully saturated rings. The zero-order valence-electron chi connectivity index (χ0n) is 17.2. The molecule has 1 saturated heterocycles. The molecule has 28 heavy (non-hydrogen) atoms. The largest absolute Gasteiger partial charge is 0.493 e. The smallest absolute Gasteiger partial charge is 0.251 e. The second kappa shape index (κ2) is 8.95. The molecule has 8 heteroatoms. The lowest BCUT2D eigenvalue weighted by atomic mass is 9.94. The van der Waals surface area contributed by atoms with Crippen LogP contribution in [0.1, 0.15) is 31.1 Å². The number of carbonyl (C=O) groups is 3. The number of ether oxygens (including phenoxy) is 2. The van der Waals surface area contributed by atoms with Crippen molar-refractivity contribution in [2.45, 2.75) is 20.8 Å². The number of hydrogen-bond acceptors (Lipinski definition) is 5. The molecule has 1 N–H and O–H groups in total. The molecule has 0 spiro atoms. The lowest BCUT2D eigenvalue weighted by Crippen LogP contribution is -2.54. The second-order valence-electron chi connectivity index (χ2n) is 7.68. The van der Waals surface area contributed by atoms with Gasteiger partial charge in [-0.3, -0.25) is 14.4 Å². The number of hydrogen-bond donors (Lipinski definition) is 1. The molecule has 0 unspecified atom stereocenters. The van der Waals surface area contributed by atoms with Gasteiger partial charge in [-0.05, 0) is 18.2 Å². The summed E-state index contributed by atoms with van der Waals surface area (Å²) in [6.45, 7) is 7.50. The fourth-order valence-electron chi connectivity index (χ4n) is 2.98. The first-order chi connectivity index (χ1) is 13.2. The van der Waals surface area contributed by atoms with E-state index in [1.54, 1.807) is 28.0 Å². The van der Waals surface area contributed by atoms with Crippen molar-refractivity contribution < 1.29 is 23.9 Å². The van der Waals surface area contributed by atoms with Crippen molar-refractivity contribution in [3.8, 4) is 11.5 Å². The summed E-state index contributed by atoms with van der Waals surface area (Å²) < 4.78 is 10.3. The van der Waals surface area contributed by atoms with Crippen molar-refractivity contribution in [3.63, 3.8) is 0 Å². The average Bonchev–Trinajstić information content (AvgIpc) is 2.69. The number of benzene rings is 1. The molecule has 1 aromatic rings. The fraction of sp³-hybridized carbons (Fsp3) is 0.550. The minimum Gasteiger partial charge on any atom is -0.493 e. The molecule has 154 valence electrons. The van der Waals surface area contributed by atoms with Gasteiger partial charge in [0.2, 0.25) is 11.8 Å². The van der Waals surface area contributed by atoms with Gasteiger partial charge in [-0.2, -0.15) is 0 Å². The molecule has 0 aliphatic carbocycles. The Bertz CT molecular complexity index is 734. The average molecular weight is 391 g/mol. The van der Waals surface area contributed by atoms with Crippen molar-refractivity contribution in [1.82, 2.24) is 15.1 Å². The Balaban J connectivity index is 1.86. The fourth-order valence-corrected chi connectivity index (χ4v) is 2.98. The van der Waals surface area contributed by atoms with Gasteiger partial charge in [0.25, 0.3) is 5.91 Å². The van der Waals surface area contributed by atoms with E-state index in [1.807, 2.05) is 20.8 Å². The first kappa shape index (κ1) is 21.5. The van der Waals surface area contributed by atoms with E-state index in [0.717, 1.165) is 0 Å². The van der Waals surface area contributed by atoms with Crippen molar-refractivity contribution >= 4 is 17.7 Å². The first-order valence-corrected chi connectivity index (χ1v) is 9.24. The third-order valence-corrected chi connectivity index (χ3v) is 4.61. The molecule has 1 aromatic carbocycles. The minimum atomic E-state index is -0.431. The van der Waals surface area contributed by atoms with Gasteiger partial charge >= 0.3 is 0 Å². The molecule has 0 radical (unpaired) electrons. The highest BCUT2D eigenvalue weighted by atomic mass is 16.5. The minimum absolute atomic E-state index is 0.0846. The van der Waals surface area contributed by atoms with Gasteiger partial charge in [0, 0.05) is 37.2 Å². The maximum Gasteiger partial charge on any atom is 0.251 e. The van der Waals surface area contributed by atoms with Gasteiger partial charge in [0.05, 0.1) is 20.8 Å². The normalized spacial score (nSPS) is 14.5. The standard InChI is InChI=1S/C20H29N3O5/c1-20(2,3)19(26)23-10-8-22(9-11-23)17(24)13-21-18(25)14-6-7-15(27-4)16(12-14)28-5/h6-7,12H,8-11,13H2,1-5H3,(H,21,25). The predicted molar refractivity (Wildman–Crippen MR) is 104 cm³/mol. The number of nitrogens with zero attached hydrogens (tertiary/aromatic N) is 2. The van der Waals surface area contributed by atoms with E-state index >= 15 is 0 Å². The number of methoxy groups -OCH3 is 2. The van der Waals surface area contributed by atoms with Gasteiger partial charge < -0.3 is 24.6 Å². The Hall–Kier alpha value is -2.77. The highest BCUT2D eigenvalue weighted by Crippen LogP contribution is 2.27. The Labute approximate surface area is 165 Å². The van der Waals surface area contributed by atoms with E-state index in [9.17, 15) is 14.4 Å². The van der Waals surface area contributed by atoms with Gasteiger partial charge in [-0.15, -0.1) is 0 Å². The van der Waals surface area contributed by atoms with Gasteiger partial charge in [-0.25, -0.2) is 0 Å². The highest BCUT2D eigenvalue weighted by molar-refractivity contribution is 5.97. The van der Waals surface area contributed by atoms with Crippen molar-refractivity contribution in [2.75, 3.05) is 46.9 Å². The van der Waals surface area contributed by atoms with Crippen LogP contribution in [0.4, 0.5) is 0 Å². The molecular weight excluding hydrogens is 362 g/mol. The lowest BCUT2D eigenvalue weighted by Gasteiger charge is -2.37. The number of carbonyl (C=O) groups excluding carboxylic acids is 3. The molecule has 1 aliphatic heterocycles. The van der Waals surface area contributed by atoms with Crippen LogP contribution in [0.15, 0.2) is 18.2 Å².